The molecule has 0 atom stereocenters. The molecule has 2 aromatic carbocycles. The highest BCUT2D eigenvalue weighted by atomic mass is 16.5. The van der Waals surface area contributed by atoms with Crippen molar-refractivity contribution in [2.45, 2.75) is 38.0 Å². The lowest BCUT2D eigenvalue weighted by molar-refractivity contribution is -0.116. The van der Waals surface area contributed by atoms with Gasteiger partial charge in [-0.3, -0.25) is 4.79 Å². The quantitative estimate of drug-likeness (QED) is 0.714. The molecule has 1 N–H and O–H groups in total. The Morgan fingerprint density at radius 3 is 2.76 bits per heavy atom. The van der Waals surface area contributed by atoms with Gasteiger partial charge in [-0.2, -0.15) is 0 Å². The molecule has 2 aliphatic heterocycles. The number of likely N-dealkylation sites (tertiary alicyclic amines) is 1. The Hall–Kier alpha value is -2.53. The largest absolute Gasteiger partial charge is 0.497 e. The highest BCUT2D eigenvalue weighted by Gasteiger charge is 2.20. The predicted molar refractivity (Wildman–Crippen MR) is 115 cm³/mol. The third kappa shape index (κ3) is 5.10. The van der Waals surface area contributed by atoms with Gasteiger partial charge >= 0.3 is 0 Å². The molecule has 154 valence electrons. The first-order chi connectivity index (χ1) is 14.2. The maximum absolute atomic E-state index is 11.6. The first-order valence-corrected chi connectivity index (χ1v) is 10.6. The van der Waals surface area contributed by atoms with Crippen LogP contribution < -0.4 is 14.8 Å². The average Bonchev–Trinajstić information content (AvgIpc) is 2.77. The fourth-order valence-corrected chi connectivity index (χ4v) is 4.30. The molecule has 1 amide bonds. The lowest BCUT2D eigenvalue weighted by atomic mass is 9.89. The van der Waals surface area contributed by atoms with Gasteiger partial charge in [-0.25, -0.2) is 0 Å². The van der Waals surface area contributed by atoms with E-state index in [0.717, 1.165) is 49.7 Å². The maximum Gasteiger partial charge on any atom is 0.224 e. The molecule has 1 saturated heterocycles. The summed E-state index contributed by atoms with van der Waals surface area (Å²) in [6, 6.07) is 14.5. The van der Waals surface area contributed by atoms with E-state index in [0.29, 0.717) is 18.9 Å². The van der Waals surface area contributed by atoms with Gasteiger partial charge in [0.2, 0.25) is 5.91 Å². The molecule has 5 nitrogen and oxygen atoms in total. The van der Waals surface area contributed by atoms with Gasteiger partial charge in [0.05, 0.1) is 13.7 Å². The summed E-state index contributed by atoms with van der Waals surface area (Å²) in [7, 11) is 1.73. The van der Waals surface area contributed by atoms with Crippen molar-refractivity contribution >= 4 is 11.6 Å². The number of hydrogen-bond acceptors (Lipinski definition) is 4. The fraction of sp³-hybridized carbons (Fsp3) is 0.458. The monoisotopic (exact) mass is 394 g/mol. The van der Waals surface area contributed by atoms with Crippen molar-refractivity contribution in [3.05, 3.63) is 53.6 Å². The number of benzene rings is 2. The van der Waals surface area contributed by atoms with Crippen molar-refractivity contribution in [2.24, 2.45) is 0 Å². The van der Waals surface area contributed by atoms with Crippen molar-refractivity contribution in [3.8, 4) is 11.5 Å². The molecule has 2 aliphatic rings. The van der Waals surface area contributed by atoms with E-state index in [9.17, 15) is 4.79 Å². The van der Waals surface area contributed by atoms with E-state index in [1.165, 1.54) is 24.0 Å². The summed E-state index contributed by atoms with van der Waals surface area (Å²) in [5, 5.41) is 2.93. The van der Waals surface area contributed by atoms with Crippen LogP contribution in [0.15, 0.2) is 42.5 Å². The van der Waals surface area contributed by atoms with E-state index >= 15 is 0 Å². The van der Waals surface area contributed by atoms with Crippen LogP contribution in [-0.2, 0) is 11.2 Å². The second-order valence-electron chi connectivity index (χ2n) is 7.96. The Balaban J connectivity index is 1.18. The van der Waals surface area contributed by atoms with Crippen molar-refractivity contribution < 1.29 is 14.3 Å². The Morgan fingerprint density at radius 2 is 1.93 bits per heavy atom. The maximum atomic E-state index is 11.6. The minimum Gasteiger partial charge on any atom is -0.497 e. The lowest BCUT2D eigenvalue weighted by Crippen LogP contribution is -2.34. The first-order valence-electron chi connectivity index (χ1n) is 10.6. The van der Waals surface area contributed by atoms with Gasteiger partial charge in [0, 0.05) is 24.7 Å². The summed E-state index contributed by atoms with van der Waals surface area (Å²) >= 11 is 0. The van der Waals surface area contributed by atoms with E-state index in [4.69, 9.17) is 9.47 Å². The highest BCUT2D eigenvalue weighted by Crippen LogP contribution is 2.30. The van der Waals surface area contributed by atoms with Crippen LogP contribution in [0.4, 0.5) is 5.69 Å². The molecule has 0 aliphatic carbocycles. The SMILES string of the molecule is COc1cccc(C2CCN(CCCOc3ccc4c(c3)NC(=O)CC4)CC2)c1. The minimum absolute atomic E-state index is 0.0898. The Morgan fingerprint density at radius 1 is 1.07 bits per heavy atom. The van der Waals surface area contributed by atoms with Crippen LogP contribution in [-0.4, -0.2) is 44.2 Å². The molecule has 0 spiro atoms. The molecule has 0 bridgehead atoms. The summed E-state index contributed by atoms with van der Waals surface area (Å²) < 4.78 is 11.3. The smallest absolute Gasteiger partial charge is 0.224 e. The van der Waals surface area contributed by atoms with Crippen LogP contribution in [0.25, 0.3) is 0 Å². The normalized spacial score (nSPS) is 17.5. The first kappa shape index (κ1) is 19.8. The Bertz CT molecular complexity index is 844. The lowest BCUT2D eigenvalue weighted by Gasteiger charge is -2.32. The number of amides is 1. The minimum atomic E-state index is 0.0898. The number of piperidine rings is 1. The van der Waals surface area contributed by atoms with E-state index in [1.54, 1.807) is 7.11 Å². The number of methoxy groups -OCH3 is 1. The molecular weight excluding hydrogens is 364 g/mol. The molecule has 5 heteroatoms. The number of anilines is 1. The van der Waals surface area contributed by atoms with Gasteiger partial charge in [-0.1, -0.05) is 18.2 Å². The summed E-state index contributed by atoms with van der Waals surface area (Å²) in [6.45, 7) is 4.02. The number of fused-ring (bicyclic) bond motifs is 1. The molecule has 2 aromatic rings. The molecule has 1 fully saturated rings. The summed E-state index contributed by atoms with van der Waals surface area (Å²) in [4.78, 5) is 14.1. The molecule has 0 radical (unpaired) electrons. The third-order valence-corrected chi connectivity index (χ3v) is 6.02. The van der Waals surface area contributed by atoms with Gasteiger partial charge in [0.15, 0.2) is 0 Å². The second kappa shape index (κ2) is 9.31. The number of carbonyl (C=O) groups excluding carboxylic acids is 1. The zero-order valence-corrected chi connectivity index (χ0v) is 17.2. The highest BCUT2D eigenvalue weighted by molar-refractivity contribution is 5.94. The van der Waals surface area contributed by atoms with Gasteiger partial charge in [-0.15, -0.1) is 0 Å². The van der Waals surface area contributed by atoms with Crippen LogP contribution in [0.3, 0.4) is 0 Å². The van der Waals surface area contributed by atoms with E-state index < -0.39 is 0 Å². The number of nitrogens with one attached hydrogen (secondary N) is 1. The van der Waals surface area contributed by atoms with Gasteiger partial charge in [-0.05, 0) is 74.0 Å². The third-order valence-electron chi connectivity index (χ3n) is 6.02. The Labute approximate surface area is 173 Å². The topological polar surface area (TPSA) is 50.8 Å². The van der Waals surface area contributed by atoms with Crippen molar-refractivity contribution in [1.82, 2.24) is 4.90 Å². The average molecular weight is 395 g/mol. The van der Waals surface area contributed by atoms with Crippen molar-refractivity contribution in [1.29, 1.82) is 0 Å². The molecule has 0 unspecified atom stereocenters. The molecule has 2 heterocycles. The molecule has 29 heavy (non-hydrogen) atoms. The van der Waals surface area contributed by atoms with Crippen LogP contribution >= 0.6 is 0 Å². The van der Waals surface area contributed by atoms with Crippen molar-refractivity contribution in [2.75, 3.05) is 38.7 Å². The summed E-state index contributed by atoms with van der Waals surface area (Å²) in [6.07, 6.45) is 4.78. The standard InChI is InChI=1S/C24H30N2O3/c1-28-21-5-2-4-20(16-21)18-10-13-26(14-11-18)12-3-15-29-22-8-6-19-7-9-24(27)25-23(19)17-22/h2,4-6,8,16-18H,3,7,9-15H2,1H3,(H,25,27). The van der Waals surface area contributed by atoms with Crippen LogP contribution in [0.1, 0.15) is 42.7 Å². The van der Waals surface area contributed by atoms with Gasteiger partial charge in [0.25, 0.3) is 0 Å². The number of hydrogen-bond donors (Lipinski definition) is 1. The van der Waals surface area contributed by atoms with Crippen LogP contribution in [0.2, 0.25) is 0 Å². The zero-order chi connectivity index (χ0) is 20.1. The number of aryl methyl sites for hydroxylation is 1. The van der Waals surface area contributed by atoms with Crippen molar-refractivity contribution in [3.63, 3.8) is 0 Å². The number of ether oxygens (including phenoxy) is 2. The van der Waals surface area contributed by atoms with Crippen LogP contribution in [0, 0.1) is 0 Å². The number of rotatable bonds is 7. The summed E-state index contributed by atoms with van der Waals surface area (Å²) in [5.74, 6) is 2.50. The van der Waals surface area contributed by atoms with E-state index in [-0.39, 0.29) is 5.91 Å². The molecular formula is C24H30N2O3. The number of carbonyl (C=O) groups is 1. The molecule has 4 rings (SSSR count). The van der Waals surface area contributed by atoms with E-state index in [2.05, 4.69) is 34.5 Å². The van der Waals surface area contributed by atoms with E-state index in [1.807, 2.05) is 18.2 Å². The predicted octanol–water partition coefficient (Wildman–Crippen LogP) is 4.23. The fourth-order valence-electron chi connectivity index (χ4n) is 4.30. The summed E-state index contributed by atoms with van der Waals surface area (Å²) in [5.41, 5.74) is 3.49. The Kier molecular flexibility index (Phi) is 6.35. The number of nitrogens with zero attached hydrogens (tertiary/aromatic N) is 1. The molecule has 0 aromatic heterocycles. The molecule has 0 saturated carbocycles. The van der Waals surface area contributed by atoms with Crippen LogP contribution in [0.5, 0.6) is 11.5 Å². The van der Waals surface area contributed by atoms with Gasteiger partial charge < -0.3 is 19.7 Å². The zero-order valence-electron chi connectivity index (χ0n) is 17.2. The second-order valence-corrected chi connectivity index (χ2v) is 7.96. The van der Waals surface area contributed by atoms with Gasteiger partial charge in [0.1, 0.15) is 11.5 Å².